The molecule has 1 fully saturated rings. The Morgan fingerprint density at radius 1 is 1.40 bits per heavy atom. The molecule has 82 valence electrons. The van der Waals surface area contributed by atoms with Gasteiger partial charge in [0.1, 0.15) is 11.8 Å². The summed E-state index contributed by atoms with van der Waals surface area (Å²) in [6.07, 6.45) is 6.97. The molecule has 2 aliphatic rings. The topological polar surface area (TPSA) is 40.0 Å². The number of oxime groups is 1. The van der Waals surface area contributed by atoms with Crippen LogP contribution in [-0.2, 0) is 14.3 Å². The standard InChI is InChI=1S/C11H15NO3/c1-3-8-5-10(15-12-8)11-7-13-9(4-2)6-14-11/h1,9-11H,4-7H2,2H3/t9?,10-,11+/m0/s1. The molecule has 4 heteroatoms. The van der Waals surface area contributed by atoms with E-state index in [0.717, 1.165) is 6.42 Å². The molecule has 0 saturated carbocycles. The van der Waals surface area contributed by atoms with Crippen LogP contribution in [0, 0.1) is 12.3 Å². The van der Waals surface area contributed by atoms with Gasteiger partial charge in [-0.2, -0.15) is 0 Å². The first-order chi connectivity index (χ1) is 7.33. The fraction of sp³-hybridized carbons (Fsp3) is 0.727. The minimum Gasteiger partial charge on any atom is -0.388 e. The molecule has 0 amide bonds. The van der Waals surface area contributed by atoms with Crippen LogP contribution in [0.2, 0.25) is 0 Å². The highest BCUT2D eigenvalue weighted by Gasteiger charge is 2.33. The summed E-state index contributed by atoms with van der Waals surface area (Å²) >= 11 is 0. The molecule has 0 aromatic rings. The van der Waals surface area contributed by atoms with E-state index in [2.05, 4.69) is 18.0 Å². The molecule has 1 unspecified atom stereocenters. The van der Waals surface area contributed by atoms with E-state index in [-0.39, 0.29) is 18.3 Å². The maximum Gasteiger partial charge on any atom is 0.162 e. The van der Waals surface area contributed by atoms with Gasteiger partial charge in [-0.1, -0.05) is 18.0 Å². The van der Waals surface area contributed by atoms with E-state index < -0.39 is 0 Å². The van der Waals surface area contributed by atoms with E-state index in [1.54, 1.807) is 0 Å². The maximum atomic E-state index is 5.67. The zero-order valence-corrected chi connectivity index (χ0v) is 8.81. The highest BCUT2D eigenvalue weighted by Crippen LogP contribution is 2.20. The first kappa shape index (κ1) is 10.5. The molecule has 2 heterocycles. The monoisotopic (exact) mass is 209 g/mol. The third kappa shape index (κ3) is 2.31. The quantitative estimate of drug-likeness (QED) is 0.636. The first-order valence-corrected chi connectivity index (χ1v) is 5.26. The Kier molecular flexibility index (Phi) is 3.24. The summed E-state index contributed by atoms with van der Waals surface area (Å²) in [5, 5.41) is 3.79. The summed E-state index contributed by atoms with van der Waals surface area (Å²) in [5.41, 5.74) is 0.654. The molecule has 0 aromatic heterocycles. The molecule has 1 saturated heterocycles. The lowest BCUT2D eigenvalue weighted by molar-refractivity contribution is -0.171. The number of hydrogen-bond acceptors (Lipinski definition) is 4. The van der Waals surface area contributed by atoms with Gasteiger partial charge in [-0.3, -0.25) is 0 Å². The number of terminal acetylenes is 1. The maximum absolute atomic E-state index is 5.67. The summed E-state index contributed by atoms with van der Waals surface area (Å²) in [6, 6.07) is 0. The second-order valence-corrected chi connectivity index (χ2v) is 3.77. The molecule has 0 N–H and O–H groups in total. The normalized spacial score (nSPS) is 35.5. The summed E-state index contributed by atoms with van der Waals surface area (Å²) in [5.74, 6) is 2.48. The van der Waals surface area contributed by atoms with Crippen LogP contribution >= 0.6 is 0 Å². The predicted molar refractivity (Wildman–Crippen MR) is 55.5 cm³/mol. The average molecular weight is 209 g/mol. The van der Waals surface area contributed by atoms with Crippen molar-refractivity contribution < 1.29 is 14.3 Å². The van der Waals surface area contributed by atoms with Crippen LogP contribution < -0.4 is 0 Å². The second kappa shape index (κ2) is 4.65. The van der Waals surface area contributed by atoms with Gasteiger partial charge < -0.3 is 14.3 Å². The van der Waals surface area contributed by atoms with Gasteiger partial charge in [0.15, 0.2) is 6.10 Å². The fourth-order valence-electron chi connectivity index (χ4n) is 1.69. The highest BCUT2D eigenvalue weighted by atomic mass is 16.7. The van der Waals surface area contributed by atoms with Crippen LogP contribution in [0.15, 0.2) is 5.16 Å². The van der Waals surface area contributed by atoms with E-state index in [0.29, 0.717) is 25.3 Å². The zero-order valence-electron chi connectivity index (χ0n) is 8.81. The van der Waals surface area contributed by atoms with Crippen molar-refractivity contribution in [3.63, 3.8) is 0 Å². The SMILES string of the molecule is C#CC1=NO[C@H]([C@H]2COC(CC)CO2)C1. The minimum atomic E-state index is -0.0751. The summed E-state index contributed by atoms with van der Waals surface area (Å²) in [6.45, 7) is 3.28. The van der Waals surface area contributed by atoms with Crippen molar-refractivity contribution in [3.8, 4) is 12.3 Å². The second-order valence-electron chi connectivity index (χ2n) is 3.77. The molecule has 4 nitrogen and oxygen atoms in total. The van der Waals surface area contributed by atoms with Gasteiger partial charge >= 0.3 is 0 Å². The van der Waals surface area contributed by atoms with Crippen molar-refractivity contribution in [2.24, 2.45) is 5.16 Å². The Morgan fingerprint density at radius 2 is 2.27 bits per heavy atom. The number of rotatable bonds is 2. The van der Waals surface area contributed by atoms with Crippen LogP contribution in [0.5, 0.6) is 0 Å². The smallest absolute Gasteiger partial charge is 0.162 e. The van der Waals surface area contributed by atoms with Crippen molar-refractivity contribution in [3.05, 3.63) is 0 Å². The Hall–Kier alpha value is -1.05. The third-order valence-corrected chi connectivity index (χ3v) is 2.72. The summed E-state index contributed by atoms with van der Waals surface area (Å²) in [7, 11) is 0. The molecule has 2 aliphatic heterocycles. The van der Waals surface area contributed by atoms with Gasteiger partial charge in [-0.25, -0.2) is 0 Å². The van der Waals surface area contributed by atoms with Crippen molar-refractivity contribution in [2.75, 3.05) is 13.2 Å². The van der Waals surface area contributed by atoms with E-state index in [1.165, 1.54) is 0 Å². The molecule has 0 aliphatic carbocycles. The highest BCUT2D eigenvalue weighted by molar-refractivity contribution is 6.00. The zero-order chi connectivity index (χ0) is 10.7. The first-order valence-electron chi connectivity index (χ1n) is 5.26. The minimum absolute atomic E-state index is 0.0394. The number of ether oxygens (including phenoxy) is 2. The van der Waals surface area contributed by atoms with Crippen LogP contribution in [-0.4, -0.2) is 37.2 Å². The molecule has 0 aromatic carbocycles. The van der Waals surface area contributed by atoms with Gasteiger partial charge in [-0.15, -0.1) is 6.42 Å². The van der Waals surface area contributed by atoms with Crippen LogP contribution in [0.4, 0.5) is 0 Å². The van der Waals surface area contributed by atoms with Gasteiger partial charge in [0.25, 0.3) is 0 Å². The van der Waals surface area contributed by atoms with Crippen LogP contribution in [0.25, 0.3) is 0 Å². The number of nitrogens with zero attached hydrogens (tertiary/aromatic N) is 1. The third-order valence-electron chi connectivity index (χ3n) is 2.72. The molecule has 3 atom stereocenters. The predicted octanol–water partition coefficient (Wildman–Crippen LogP) is 0.959. The van der Waals surface area contributed by atoms with Gasteiger partial charge in [0.2, 0.25) is 0 Å². The average Bonchev–Trinajstić information content (AvgIpc) is 2.78. The van der Waals surface area contributed by atoms with Crippen molar-refractivity contribution in [1.82, 2.24) is 0 Å². The summed E-state index contributed by atoms with van der Waals surface area (Å²) < 4.78 is 11.3. The molecule has 2 rings (SSSR count). The Bertz CT molecular complexity index is 287. The van der Waals surface area contributed by atoms with Crippen LogP contribution in [0.1, 0.15) is 19.8 Å². The van der Waals surface area contributed by atoms with E-state index in [1.807, 2.05) is 0 Å². The molecular weight excluding hydrogens is 194 g/mol. The van der Waals surface area contributed by atoms with E-state index in [9.17, 15) is 0 Å². The largest absolute Gasteiger partial charge is 0.388 e. The molecule has 0 bridgehead atoms. The number of hydrogen-bond donors (Lipinski definition) is 0. The Labute approximate surface area is 89.6 Å². The van der Waals surface area contributed by atoms with Crippen molar-refractivity contribution >= 4 is 5.71 Å². The van der Waals surface area contributed by atoms with Gasteiger partial charge in [0, 0.05) is 6.42 Å². The van der Waals surface area contributed by atoms with Crippen molar-refractivity contribution in [1.29, 1.82) is 0 Å². The Balaban J connectivity index is 1.81. The lowest BCUT2D eigenvalue weighted by Gasteiger charge is -2.30. The summed E-state index contributed by atoms with van der Waals surface area (Å²) in [4.78, 5) is 5.21. The molecule has 0 spiro atoms. The van der Waals surface area contributed by atoms with Gasteiger partial charge in [0.05, 0.1) is 19.3 Å². The lowest BCUT2D eigenvalue weighted by Crippen LogP contribution is -2.42. The lowest BCUT2D eigenvalue weighted by atomic mass is 10.1. The van der Waals surface area contributed by atoms with E-state index in [4.69, 9.17) is 20.7 Å². The van der Waals surface area contributed by atoms with Crippen molar-refractivity contribution in [2.45, 2.75) is 38.1 Å². The van der Waals surface area contributed by atoms with Gasteiger partial charge in [-0.05, 0) is 6.42 Å². The Morgan fingerprint density at radius 3 is 2.80 bits per heavy atom. The molecule has 15 heavy (non-hydrogen) atoms. The molecular formula is C11H15NO3. The van der Waals surface area contributed by atoms with Crippen LogP contribution in [0.3, 0.4) is 0 Å². The van der Waals surface area contributed by atoms with E-state index >= 15 is 0 Å². The molecule has 0 radical (unpaired) electrons. The fourth-order valence-corrected chi connectivity index (χ4v) is 1.69.